The molecule has 6 nitrogen and oxygen atoms in total. The number of carbonyl (C=O) groups excluding carboxylic acids is 1. The summed E-state index contributed by atoms with van der Waals surface area (Å²) in [7, 11) is 0. The molecule has 0 aliphatic carbocycles. The molecule has 0 saturated carbocycles. The number of fused-ring (bicyclic) bond motifs is 2. The summed E-state index contributed by atoms with van der Waals surface area (Å²) in [6.45, 7) is 1.95. The molecule has 2 aromatic heterocycles. The van der Waals surface area contributed by atoms with Gasteiger partial charge >= 0.3 is 0 Å². The highest BCUT2D eigenvalue weighted by Crippen LogP contribution is 2.20. The van der Waals surface area contributed by atoms with Gasteiger partial charge in [0.25, 0.3) is 0 Å². The highest BCUT2D eigenvalue weighted by atomic mass is 16.1. The predicted molar refractivity (Wildman–Crippen MR) is 102 cm³/mol. The highest BCUT2D eigenvalue weighted by Gasteiger charge is 2.10. The second-order valence-electron chi connectivity index (χ2n) is 6.13. The number of nitrogens with zero attached hydrogens (tertiary/aromatic N) is 3. The maximum atomic E-state index is 10.4. The van der Waals surface area contributed by atoms with Crippen molar-refractivity contribution in [3.8, 4) is 6.07 Å². The van der Waals surface area contributed by atoms with Crippen molar-refractivity contribution in [1.82, 2.24) is 9.97 Å². The fraction of sp³-hybridized carbons (Fsp3) is 0.300. The van der Waals surface area contributed by atoms with E-state index in [1.54, 1.807) is 12.1 Å². The number of rotatable bonds is 2. The summed E-state index contributed by atoms with van der Waals surface area (Å²) in [5.41, 5.74) is 3.82. The van der Waals surface area contributed by atoms with Crippen LogP contribution in [0.3, 0.4) is 0 Å². The lowest BCUT2D eigenvalue weighted by atomic mass is 10.1. The fourth-order valence-electron chi connectivity index (χ4n) is 2.97. The van der Waals surface area contributed by atoms with Crippen LogP contribution < -0.4 is 10.6 Å². The number of aryl methyl sites for hydroxylation is 2. The van der Waals surface area contributed by atoms with Gasteiger partial charge in [0.1, 0.15) is 17.3 Å². The van der Waals surface area contributed by atoms with Crippen LogP contribution in [0.5, 0.6) is 0 Å². The standard InChI is InChI=1S/C11H11N3.C9H10N2O/c12-7-1-4-10-6-5-9-3-2-8-13-11(9)14-10;12-6-8-4-3-7-2-1-5-10-9(7)11-8/h1,4-6H,2-3,8H2,(H,13,14);3-4,6H,1-2,5H2,(H,10,11). The molecule has 0 amide bonds. The number of anilines is 2. The van der Waals surface area contributed by atoms with Crippen LogP contribution in [0.4, 0.5) is 11.6 Å². The first-order chi connectivity index (χ1) is 12.8. The molecule has 6 heteroatoms. The fourth-order valence-corrected chi connectivity index (χ4v) is 2.97. The van der Waals surface area contributed by atoms with Gasteiger partial charge in [0, 0.05) is 19.2 Å². The Bertz CT molecular complexity index is 854. The second kappa shape index (κ2) is 8.77. The summed E-state index contributed by atoms with van der Waals surface area (Å²) < 4.78 is 0. The van der Waals surface area contributed by atoms with Crippen molar-refractivity contribution in [2.75, 3.05) is 23.7 Å². The Balaban J connectivity index is 0.000000152. The van der Waals surface area contributed by atoms with Crippen LogP contribution in [-0.2, 0) is 12.8 Å². The van der Waals surface area contributed by atoms with Crippen LogP contribution in [-0.4, -0.2) is 29.3 Å². The molecule has 0 aromatic carbocycles. The molecule has 4 heterocycles. The van der Waals surface area contributed by atoms with E-state index in [-0.39, 0.29) is 0 Å². The SMILES string of the molecule is N#CC=Cc1ccc2c(n1)NCCC2.O=Cc1ccc2c(n1)NCCC2. The number of nitriles is 1. The number of allylic oxidation sites excluding steroid dienone is 1. The van der Waals surface area contributed by atoms with Crippen molar-refractivity contribution in [2.24, 2.45) is 0 Å². The largest absolute Gasteiger partial charge is 0.370 e. The Kier molecular flexibility index (Phi) is 5.94. The Morgan fingerprint density at radius 2 is 1.50 bits per heavy atom. The molecule has 0 saturated heterocycles. The molecule has 0 spiro atoms. The maximum Gasteiger partial charge on any atom is 0.168 e. The summed E-state index contributed by atoms with van der Waals surface area (Å²) in [4.78, 5) is 19.0. The van der Waals surface area contributed by atoms with Gasteiger partial charge in [-0.2, -0.15) is 5.26 Å². The van der Waals surface area contributed by atoms with Gasteiger partial charge in [0.05, 0.1) is 11.8 Å². The van der Waals surface area contributed by atoms with E-state index in [2.05, 4.69) is 26.7 Å². The molecule has 2 aliphatic heterocycles. The zero-order valence-electron chi connectivity index (χ0n) is 14.5. The first-order valence-corrected chi connectivity index (χ1v) is 8.79. The summed E-state index contributed by atoms with van der Waals surface area (Å²) in [5, 5.41) is 14.8. The van der Waals surface area contributed by atoms with Gasteiger partial charge < -0.3 is 10.6 Å². The number of hydrogen-bond donors (Lipinski definition) is 2. The van der Waals surface area contributed by atoms with Crippen molar-refractivity contribution >= 4 is 24.0 Å². The summed E-state index contributed by atoms with van der Waals surface area (Å²) in [6, 6.07) is 9.71. The van der Waals surface area contributed by atoms with Crippen molar-refractivity contribution in [1.29, 1.82) is 5.26 Å². The van der Waals surface area contributed by atoms with Gasteiger partial charge in [0.15, 0.2) is 6.29 Å². The number of aromatic nitrogens is 2. The number of aldehydes is 1. The molecular formula is C20H21N5O. The van der Waals surface area contributed by atoms with E-state index < -0.39 is 0 Å². The molecule has 132 valence electrons. The van der Waals surface area contributed by atoms with E-state index in [9.17, 15) is 4.79 Å². The molecule has 2 N–H and O–H groups in total. The van der Waals surface area contributed by atoms with Crippen molar-refractivity contribution in [3.05, 3.63) is 52.9 Å². The first-order valence-electron chi connectivity index (χ1n) is 8.79. The third-order valence-electron chi connectivity index (χ3n) is 4.28. The van der Waals surface area contributed by atoms with E-state index >= 15 is 0 Å². The van der Waals surface area contributed by atoms with Gasteiger partial charge in [0.2, 0.25) is 0 Å². The maximum absolute atomic E-state index is 10.4. The van der Waals surface area contributed by atoms with Gasteiger partial charge in [-0.1, -0.05) is 12.1 Å². The van der Waals surface area contributed by atoms with Crippen molar-refractivity contribution in [2.45, 2.75) is 25.7 Å². The Labute approximate surface area is 153 Å². The molecule has 2 aromatic rings. The van der Waals surface area contributed by atoms with Crippen molar-refractivity contribution in [3.63, 3.8) is 0 Å². The summed E-state index contributed by atoms with van der Waals surface area (Å²) >= 11 is 0. The minimum atomic E-state index is 0.503. The zero-order chi connectivity index (χ0) is 18.2. The number of hydrogen-bond acceptors (Lipinski definition) is 6. The van der Waals surface area contributed by atoms with Crippen LogP contribution in [0.2, 0.25) is 0 Å². The monoisotopic (exact) mass is 347 g/mol. The van der Waals surface area contributed by atoms with Crippen LogP contribution in [0.25, 0.3) is 6.08 Å². The molecule has 0 unspecified atom stereocenters. The van der Waals surface area contributed by atoms with Crippen molar-refractivity contribution < 1.29 is 4.79 Å². The van der Waals surface area contributed by atoms with Crippen LogP contribution in [0.1, 0.15) is 40.2 Å². The lowest BCUT2D eigenvalue weighted by molar-refractivity contribution is 0.111. The first kappa shape index (κ1) is 17.6. The summed E-state index contributed by atoms with van der Waals surface area (Å²) in [6.07, 6.45) is 8.41. The van der Waals surface area contributed by atoms with Crippen LogP contribution >= 0.6 is 0 Å². The second-order valence-corrected chi connectivity index (χ2v) is 6.13. The molecule has 26 heavy (non-hydrogen) atoms. The average molecular weight is 347 g/mol. The Morgan fingerprint density at radius 1 is 0.923 bits per heavy atom. The Morgan fingerprint density at radius 3 is 2.08 bits per heavy atom. The third kappa shape index (κ3) is 4.45. The number of pyridine rings is 2. The van der Waals surface area contributed by atoms with Gasteiger partial charge in [-0.25, -0.2) is 9.97 Å². The predicted octanol–water partition coefficient (Wildman–Crippen LogP) is 3.23. The zero-order valence-corrected chi connectivity index (χ0v) is 14.5. The topological polar surface area (TPSA) is 90.7 Å². The molecule has 0 radical (unpaired) electrons. The minimum Gasteiger partial charge on any atom is -0.370 e. The molecule has 0 atom stereocenters. The van der Waals surface area contributed by atoms with E-state index in [0.717, 1.165) is 56.0 Å². The summed E-state index contributed by atoms with van der Waals surface area (Å²) in [5.74, 6) is 1.85. The minimum absolute atomic E-state index is 0.503. The molecule has 2 aliphatic rings. The van der Waals surface area contributed by atoms with E-state index in [1.165, 1.54) is 23.6 Å². The molecular weight excluding hydrogens is 326 g/mol. The Hall–Kier alpha value is -3.20. The molecule has 4 rings (SSSR count). The van der Waals surface area contributed by atoms with E-state index in [4.69, 9.17) is 5.26 Å². The van der Waals surface area contributed by atoms with Gasteiger partial charge in [-0.15, -0.1) is 0 Å². The number of nitrogens with one attached hydrogen (secondary N) is 2. The lowest BCUT2D eigenvalue weighted by Gasteiger charge is -2.16. The normalized spacial score (nSPS) is 14.6. The highest BCUT2D eigenvalue weighted by molar-refractivity contribution is 5.73. The third-order valence-corrected chi connectivity index (χ3v) is 4.28. The lowest BCUT2D eigenvalue weighted by Crippen LogP contribution is -2.13. The van der Waals surface area contributed by atoms with E-state index in [0.29, 0.717) is 5.69 Å². The average Bonchev–Trinajstić information content (AvgIpc) is 2.72. The quantitative estimate of drug-likeness (QED) is 0.640. The van der Waals surface area contributed by atoms with Crippen LogP contribution in [0, 0.1) is 11.3 Å². The molecule has 0 fully saturated rings. The van der Waals surface area contributed by atoms with E-state index in [1.807, 2.05) is 18.2 Å². The smallest absolute Gasteiger partial charge is 0.168 e. The van der Waals surface area contributed by atoms with Gasteiger partial charge in [-0.3, -0.25) is 4.79 Å². The van der Waals surface area contributed by atoms with Crippen LogP contribution in [0.15, 0.2) is 30.3 Å². The molecule has 0 bridgehead atoms. The number of carbonyl (C=O) groups is 1. The van der Waals surface area contributed by atoms with Gasteiger partial charge in [-0.05, 0) is 55.0 Å².